The van der Waals surface area contributed by atoms with Crippen LogP contribution in [0.3, 0.4) is 0 Å². The van der Waals surface area contributed by atoms with Crippen LogP contribution in [0.25, 0.3) is 0 Å². The van der Waals surface area contributed by atoms with Gasteiger partial charge in [-0.05, 0) is 19.8 Å². The number of ether oxygens (including phenoxy) is 2. The van der Waals surface area contributed by atoms with Crippen LogP contribution in [0.2, 0.25) is 0 Å². The predicted octanol–water partition coefficient (Wildman–Crippen LogP) is 1.17. The molecule has 0 aliphatic carbocycles. The quantitative estimate of drug-likeness (QED) is 0.346. The first-order valence-corrected chi connectivity index (χ1v) is 4.59. The van der Waals surface area contributed by atoms with Gasteiger partial charge in [-0.1, -0.05) is 6.42 Å². The fourth-order valence-electron chi connectivity index (χ4n) is 0.922. The molecule has 0 radical (unpaired) electrons. The lowest BCUT2D eigenvalue weighted by Gasteiger charge is -2.09. The van der Waals surface area contributed by atoms with Crippen LogP contribution in [-0.2, 0) is 19.1 Å². The lowest BCUT2D eigenvalue weighted by Crippen LogP contribution is -2.12. The highest BCUT2D eigenvalue weighted by Crippen LogP contribution is 2.01. The fourth-order valence-corrected chi connectivity index (χ4v) is 0.922. The van der Waals surface area contributed by atoms with Crippen molar-refractivity contribution >= 4 is 12.4 Å². The second-order valence-corrected chi connectivity index (χ2v) is 2.88. The van der Waals surface area contributed by atoms with Gasteiger partial charge in [-0.25, -0.2) is 0 Å². The van der Waals surface area contributed by atoms with Gasteiger partial charge in [0.1, 0.15) is 0 Å². The molecule has 1 atom stereocenters. The van der Waals surface area contributed by atoms with Gasteiger partial charge < -0.3 is 14.6 Å². The Morgan fingerprint density at radius 2 is 2.14 bits per heavy atom. The second-order valence-electron chi connectivity index (χ2n) is 2.88. The van der Waals surface area contributed by atoms with E-state index in [1.54, 1.807) is 6.92 Å². The Bertz CT molecular complexity index is 169. The van der Waals surface area contributed by atoms with Crippen molar-refractivity contribution in [3.63, 3.8) is 0 Å². The topological polar surface area (TPSA) is 72.8 Å². The van der Waals surface area contributed by atoms with E-state index in [9.17, 15) is 9.59 Å². The molecule has 0 bridgehead atoms. The predicted molar refractivity (Wildman–Crippen MR) is 48.7 cm³/mol. The Kier molecular flexibility index (Phi) is 7.83. The van der Waals surface area contributed by atoms with Gasteiger partial charge in [0.2, 0.25) is 0 Å². The summed E-state index contributed by atoms with van der Waals surface area (Å²) in [6, 6.07) is 0. The summed E-state index contributed by atoms with van der Waals surface area (Å²) in [5.74, 6) is -0.774. The number of hydrogen-bond donors (Lipinski definition) is 1. The number of hydrogen-bond acceptors (Lipinski definition) is 4. The summed E-state index contributed by atoms with van der Waals surface area (Å²) < 4.78 is 9.58. The molecule has 0 saturated heterocycles. The summed E-state index contributed by atoms with van der Waals surface area (Å²) in [6.45, 7) is 2.45. The molecular weight excluding hydrogens is 188 g/mol. The van der Waals surface area contributed by atoms with Crippen LogP contribution >= 0.6 is 0 Å². The largest absolute Gasteiger partial charge is 0.481 e. The minimum absolute atomic E-state index is 0.195. The van der Waals surface area contributed by atoms with E-state index in [0.29, 0.717) is 19.5 Å². The third-order valence-corrected chi connectivity index (χ3v) is 1.63. The molecule has 5 nitrogen and oxygen atoms in total. The average molecular weight is 204 g/mol. The maximum Gasteiger partial charge on any atom is 0.303 e. The Hall–Kier alpha value is -1.10. The second kappa shape index (κ2) is 8.50. The van der Waals surface area contributed by atoms with Crippen LogP contribution in [0.1, 0.15) is 32.6 Å². The lowest BCUT2D eigenvalue weighted by atomic mass is 10.2. The molecule has 0 heterocycles. The van der Waals surface area contributed by atoms with Crippen LogP contribution in [0, 0.1) is 0 Å². The first kappa shape index (κ1) is 12.9. The fraction of sp³-hybridized carbons (Fsp3) is 0.778. The van der Waals surface area contributed by atoms with Gasteiger partial charge in [0.05, 0.1) is 6.61 Å². The molecule has 0 fully saturated rings. The molecule has 0 aromatic carbocycles. The third kappa shape index (κ3) is 8.99. The van der Waals surface area contributed by atoms with Crippen molar-refractivity contribution < 1.29 is 24.2 Å². The Labute approximate surface area is 83.0 Å². The molecular formula is C9H16O5. The van der Waals surface area contributed by atoms with Crippen LogP contribution < -0.4 is 0 Å². The van der Waals surface area contributed by atoms with E-state index < -0.39 is 12.3 Å². The van der Waals surface area contributed by atoms with Crippen molar-refractivity contribution in [2.24, 2.45) is 0 Å². The molecule has 0 spiro atoms. The Morgan fingerprint density at radius 1 is 1.43 bits per heavy atom. The van der Waals surface area contributed by atoms with Crippen molar-refractivity contribution in [2.45, 2.75) is 38.9 Å². The van der Waals surface area contributed by atoms with Gasteiger partial charge in [0, 0.05) is 6.42 Å². The molecule has 0 rings (SSSR count). The standard InChI is InChI=1S/C9H16O5/c1-8(14-7-10)13-6-4-2-3-5-9(11)12/h7-8H,2-6H2,1H3,(H,11,12). The van der Waals surface area contributed by atoms with E-state index in [1.807, 2.05) is 0 Å². The number of carbonyl (C=O) groups excluding carboxylic acids is 1. The van der Waals surface area contributed by atoms with Crippen molar-refractivity contribution in [3.05, 3.63) is 0 Å². The molecule has 1 N–H and O–H groups in total. The average Bonchev–Trinajstić information content (AvgIpc) is 2.11. The van der Waals surface area contributed by atoms with Crippen molar-refractivity contribution in [3.8, 4) is 0 Å². The van der Waals surface area contributed by atoms with Gasteiger partial charge in [-0.2, -0.15) is 0 Å². The van der Waals surface area contributed by atoms with Gasteiger partial charge in [0.25, 0.3) is 6.47 Å². The minimum atomic E-state index is -0.774. The normalized spacial score (nSPS) is 12.1. The maximum absolute atomic E-state index is 10.1. The summed E-state index contributed by atoms with van der Waals surface area (Å²) in [4.78, 5) is 20.0. The monoisotopic (exact) mass is 204 g/mol. The van der Waals surface area contributed by atoms with Crippen LogP contribution in [-0.4, -0.2) is 30.4 Å². The Balaban J connectivity index is 3.12. The van der Waals surface area contributed by atoms with E-state index in [4.69, 9.17) is 9.84 Å². The molecule has 5 heteroatoms. The molecule has 1 unspecified atom stereocenters. The zero-order valence-corrected chi connectivity index (χ0v) is 8.27. The molecule has 0 aromatic rings. The van der Waals surface area contributed by atoms with E-state index >= 15 is 0 Å². The molecule has 0 saturated carbocycles. The van der Waals surface area contributed by atoms with Gasteiger partial charge in [-0.3, -0.25) is 9.59 Å². The van der Waals surface area contributed by atoms with Crippen molar-refractivity contribution in [1.29, 1.82) is 0 Å². The number of aliphatic carboxylic acids is 1. The molecule has 82 valence electrons. The summed E-state index contributed by atoms with van der Waals surface area (Å²) in [6.07, 6.45) is 1.91. The number of carbonyl (C=O) groups is 2. The first-order chi connectivity index (χ1) is 6.66. The lowest BCUT2D eigenvalue weighted by molar-refractivity contribution is -0.159. The van der Waals surface area contributed by atoms with Gasteiger partial charge in [0.15, 0.2) is 6.29 Å². The van der Waals surface area contributed by atoms with Crippen molar-refractivity contribution in [2.75, 3.05) is 6.61 Å². The van der Waals surface area contributed by atoms with E-state index in [2.05, 4.69) is 4.74 Å². The first-order valence-electron chi connectivity index (χ1n) is 4.59. The summed E-state index contributed by atoms with van der Waals surface area (Å²) >= 11 is 0. The smallest absolute Gasteiger partial charge is 0.303 e. The van der Waals surface area contributed by atoms with E-state index in [0.717, 1.165) is 12.8 Å². The number of unbranched alkanes of at least 4 members (excludes halogenated alkanes) is 2. The molecule has 0 amide bonds. The summed E-state index contributed by atoms with van der Waals surface area (Å²) in [5.41, 5.74) is 0. The highest BCUT2D eigenvalue weighted by Gasteiger charge is 2.00. The number of carboxylic acid groups (broad SMARTS) is 1. The summed E-state index contributed by atoms with van der Waals surface area (Å²) in [7, 11) is 0. The molecule has 0 aliphatic heterocycles. The van der Waals surface area contributed by atoms with E-state index in [-0.39, 0.29) is 6.42 Å². The maximum atomic E-state index is 10.1. The third-order valence-electron chi connectivity index (χ3n) is 1.63. The van der Waals surface area contributed by atoms with Crippen molar-refractivity contribution in [1.82, 2.24) is 0 Å². The van der Waals surface area contributed by atoms with Gasteiger partial charge >= 0.3 is 5.97 Å². The minimum Gasteiger partial charge on any atom is -0.481 e. The Morgan fingerprint density at radius 3 is 2.71 bits per heavy atom. The SMILES string of the molecule is CC(OC=O)OCCCCCC(=O)O. The van der Waals surface area contributed by atoms with Gasteiger partial charge in [-0.15, -0.1) is 0 Å². The van der Waals surface area contributed by atoms with E-state index in [1.165, 1.54) is 0 Å². The summed E-state index contributed by atoms with van der Waals surface area (Å²) in [5, 5.41) is 8.34. The zero-order valence-electron chi connectivity index (χ0n) is 8.27. The highest BCUT2D eigenvalue weighted by molar-refractivity contribution is 5.66. The van der Waals surface area contributed by atoms with Crippen LogP contribution in [0.15, 0.2) is 0 Å². The number of carboxylic acids is 1. The highest BCUT2D eigenvalue weighted by atomic mass is 16.7. The van der Waals surface area contributed by atoms with Crippen LogP contribution in [0.5, 0.6) is 0 Å². The number of rotatable bonds is 9. The molecule has 14 heavy (non-hydrogen) atoms. The molecule has 0 aliphatic rings. The molecule has 0 aromatic heterocycles. The van der Waals surface area contributed by atoms with Crippen LogP contribution in [0.4, 0.5) is 0 Å². The zero-order chi connectivity index (χ0) is 10.8.